The minimum Gasteiger partial charge on any atom is -0.494 e. The van der Waals surface area contributed by atoms with Crippen LogP contribution in [0.1, 0.15) is 122 Å². The topological polar surface area (TPSA) is 72.8 Å². The van der Waals surface area contributed by atoms with Gasteiger partial charge in [-0.25, -0.2) is 9.79 Å². The lowest BCUT2D eigenvalue weighted by molar-refractivity contribution is -0.00159. The Morgan fingerprint density at radius 3 is 2.10 bits per heavy atom. The number of hydrogen-bond donors (Lipinski definition) is 0. The van der Waals surface area contributed by atoms with E-state index in [4.69, 9.17) is 42.1 Å². The van der Waals surface area contributed by atoms with Crippen molar-refractivity contribution in [1.82, 2.24) is 4.90 Å². The van der Waals surface area contributed by atoms with Gasteiger partial charge in [0, 0.05) is 38.7 Å². The zero-order valence-corrected chi connectivity index (χ0v) is 32.5. The highest BCUT2D eigenvalue weighted by Crippen LogP contribution is 2.33. The van der Waals surface area contributed by atoms with Gasteiger partial charge < -0.3 is 23.8 Å². The van der Waals surface area contributed by atoms with E-state index in [9.17, 15) is 4.79 Å². The molecule has 2 aromatic carbocycles. The second-order valence-electron chi connectivity index (χ2n) is 13.9. The zero-order chi connectivity index (χ0) is 35.9. The van der Waals surface area contributed by atoms with Gasteiger partial charge in [-0.2, -0.15) is 0 Å². The van der Waals surface area contributed by atoms with Gasteiger partial charge in [-0.05, 0) is 56.0 Å². The average Bonchev–Trinajstić information content (AvgIpc) is 3.14. The van der Waals surface area contributed by atoms with E-state index in [1.54, 1.807) is 0 Å². The SMILES string of the molecule is CCCCCCCCCCCCCCCCOC(=O)OCOC1=Nc2cc(OCCCCN3CCN(c4cccc(Cl)c4Cl)CC3)ccc2CC1. The first-order chi connectivity index (χ1) is 25.0. The summed E-state index contributed by atoms with van der Waals surface area (Å²) >= 11 is 12.6. The first-order valence-electron chi connectivity index (χ1n) is 19.7. The van der Waals surface area contributed by atoms with Crippen LogP contribution in [0.5, 0.6) is 5.75 Å². The smallest absolute Gasteiger partial charge is 0.494 e. The molecule has 1 saturated heterocycles. The summed E-state index contributed by atoms with van der Waals surface area (Å²) < 4.78 is 22.1. The van der Waals surface area contributed by atoms with Crippen molar-refractivity contribution in [3.63, 3.8) is 0 Å². The van der Waals surface area contributed by atoms with Gasteiger partial charge in [-0.3, -0.25) is 4.90 Å². The number of anilines is 1. The third-order valence-electron chi connectivity index (χ3n) is 9.81. The van der Waals surface area contributed by atoms with Gasteiger partial charge in [0.25, 0.3) is 0 Å². The Bertz CT molecular complexity index is 1320. The molecule has 2 aliphatic heterocycles. The molecule has 0 unspecified atom stereocenters. The van der Waals surface area contributed by atoms with Crippen LogP contribution >= 0.6 is 23.2 Å². The summed E-state index contributed by atoms with van der Waals surface area (Å²) in [6, 6.07) is 11.9. The van der Waals surface area contributed by atoms with E-state index in [-0.39, 0.29) is 6.79 Å². The van der Waals surface area contributed by atoms with Crippen molar-refractivity contribution in [1.29, 1.82) is 0 Å². The van der Waals surface area contributed by atoms with E-state index in [0.29, 0.717) is 35.6 Å². The van der Waals surface area contributed by atoms with Crippen molar-refractivity contribution in [2.45, 2.75) is 122 Å². The molecule has 0 saturated carbocycles. The minimum atomic E-state index is -0.693. The monoisotopic (exact) mass is 745 g/mol. The number of halogens is 2. The average molecular weight is 747 g/mol. The van der Waals surface area contributed by atoms with Crippen molar-refractivity contribution in [2.24, 2.45) is 4.99 Å². The number of nitrogens with zero attached hydrogens (tertiary/aromatic N) is 3. The van der Waals surface area contributed by atoms with Crippen molar-refractivity contribution < 1.29 is 23.7 Å². The maximum atomic E-state index is 12.0. The summed E-state index contributed by atoms with van der Waals surface area (Å²) in [6.45, 7) is 8.03. The molecule has 8 nitrogen and oxygen atoms in total. The summed E-state index contributed by atoms with van der Waals surface area (Å²) in [7, 11) is 0. The lowest BCUT2D eigenvalue weighted by atomic mass is 10.0. The van der Waals surface area contributed by atoms with Crippen LogP contribution in [-0.4, -0.2) is 69.7 Å². The highest BCUT2D eigenvalue weighted by atomic mass is 35.5. The number of piperazine rings is 1. The molecule has 0 radical (unpaired) electrons. The number of benzene rings is 2. The highest BCUT2D eigenvalue weighted by molar-refractivity contribution is 6.43. The van der Waals surface area contributed by atoms with Gasteiger partial charge in [-0.15, -0.1) is 0 Å². The Kier molecular flexibility index (Phi) is 19.8. The Hall–Kier alpha value is -2.68. The largest absolute Gasteiger partial charge is 0.511 e. The molecular formula is C41H61Cl2N3O5. The van der Waals surface area contributed by atoms with Crippen LogP contribution in [0.2, 0.25) is 10.0 Å². The molecule has 1 fully saturated rings. The number of ether oxygens (including phenoxy) is 4. The summed E-state index contributed by atoms with van der Waals surface area (Å²) in [6.07, 6.45) is 20.9. The van der Waals surface area contributed by atoms with Crippen LogP contribution < -0.4 is 9.64 Å². The second kappa shape index (κ2) is 24.5. The van der Waals surface area contributed by atoms with Gasteiger partial charge in [0.05, 0.1) is 34.6 Å². The Morgan fingerprint density at radius 2 is 1.39 bits per heavy atom. The van der Waals surface area contributed by atoms with Crippen LogP contribution in [0.15, 0.2) is 41.4 Å². The van der Waals surface area contributed by atoms with Crippen LogP contribution in [0.3, 0.4) is 0 Å². The molecule has 2 heterocycles. The van der Waals surface area contributed by atoms with E-state index < -0.39 is 6.16 Å². The normalized spacial score (nSPS) is 14.6. The van der Waals surface area contributed by atoms with E-state index in [0.717, 1.165) is 87.5 Å². The van der Waals surface area contributed by atoms with Crippen LogP contribution in [0, 0.1) is 0 Å². The second-order valence-corrected chi connectivity index (χ2v) is 14.6. The Balaban J connectivity index is 0.990. The maximum absolute atomic E-state index is 12.0. The number of fused-ring (bicyclic) bond motifs is 1. The lowest BCUT2D eigenvalue weighted by Crippen LogP contribution is -2.46. The quantitative estimate of drug-likeness (QED) is 0.0601. The first-order valence-corrected chi connectivity index (χ1v) is 20.5. The van der Waals surface area contributed by atoms with Crippen molar-refractivity contribution in [3.8, 4) is 5.75 Å². The molecule has 0 aromatic heterocycles. The van der Waals surface area contributed by atoms with E-state index in [2.05, 4.69) is 27.8 Å². The summed E-state index contributed by atoms with van der Waals surface area (Å²) in [5.41, 5.74) is 3.01. The highest BCUT2D eigenvalue weighted by Gasteiger charge is 2.20. The number of hydrogen-bond acceptors (Lipinski definition) is 8. The zero-order valence-electron chi connectivity index (χ0n) is 31.0. The number of aliphatic imine (C=N–C) groups is 1. The molecule has 2 aliphatic rings. The molecule has 0 spiro atoms. The minimum absolute atomic E-state index is 0.203. The molecule has 4 rings (SSSR count). The molecule has 51 heavy (non-hydrogen) atoms. The standard InChI is InChI=1S/C41H61Cl2N3O5/c1-2-3-4-5-6-7-8-9-10-11-12-13-14-16-31-49-41(47)51-33-50-39-24-22-34-21-23-35(32-37(34)44-39)48-30-17-15-25-45-26-28-46(29-27-45)38-20-18-19-36(42)40(38)43/h18-21,23,32H,2-17,22,24-31,33H2,1H3. The molecule has 0 aliphatic carbocycles. The van der Waals surface area contributed by atoms with Crippen LogP contribution in [-0.2, 0) is 20.6 Å². The van der Waals surface area contributed by atoms with E-state index in [1.807, 2.05) is 30.3 Å². The third kappa shape index (κ3) is 15.8. The lowest BCUT2D eigenvalue weighted by Gasteiger charge is -2.36. The van der Waals surface area contributed by atoms with E-state index in [1.165, 1.54) is 77.0 Å². The molecule has 0 N–H and O–H groups in total. The molecule has 0 amide bonds. The third-order valence-corrected chi connectivity index (χ3v) is 10.6. The van der Waals surface area contributed by atoms with Gasteiger partial charge in [0.1, 0.15) is 5.75 Å². The van der Waals surface area contributed by atoms with Crippen LogP contribution in [0.4, 0.5) is 16.2 Å². The van der Waals surface area contributed by atoms with Gasteiger partial charge in [0.2, 0.25) is 6.79 Å². The summed E-state index contributed by atoms with van der Waals surface area (Å²) in [5, 5.41) is 1.24. The maximum Gasteiger partial charge on any atom is 0.511 e. The van der Waals surface area contributed by atoms with Gasteiger partial charge in [-0.1, -0.05) is 126 Å². The van der Waals surface area contributed by atoms with Gasteiger partial charge >= 0.3 is 6.16 Å². The van der Waals surface area contributed by atoms with Crippen molar-refractivity contribution >= 4 is 46.6 Å². The first kappa shape index (κ1) is 41.1. The Morgan fingerprint density at radius 1 is 0.725 bits per heavy atom. The fourth-order valence-corrected chi connectivity index (χ4v) is 7.12. The summed E-state index contributed by atoms with van der Waals surface area (Å²) in [4.78, 5) is 21.4. The summed E-state index contributed by atoms with van der Waals surface area (Å²) in [5.74, 6) is 1.35. The molecule has 2 aromatic rings. The fraction of sp³-hybridized carbons (Fsp3) is 0.659. The predicted molar refractivity (Wildman–Crippen MR) is 210 cm³/mol. The molecule has 10 heteroatoms. The number of rotatable bonds is 24. The number of unbranched alkanes of at least 4 members (excludes halogenated alkanes) is 14. The number of aryl methyl sites for hydroxylation is 1. The van der Waals surface area contributed by atoms with Crippen LogP contribution in [0.25, 0.3) is 0 Å². The van der Waals surface area contributed by atoms with Crippen molar-refractivity contribution in [2.75, 3.05) is 57.6 Å². The number of carbonyl (C=O) groups is 1. The Labute approximate surface area is 317 Å². The van der Waals surface area contributed by atoms with Gasteiger partial charge in [0.15, 0.2) is 5.90 Å². The molecule has 284 valence electrons. The molecular weight excluding hydrogens is 685 g/mol. The molecule has 0 atom stereocenters. The van der Waals surface area contributed by atoms with E-state index >= 15 is 0 Å². The number of carbonyl (C=O) groups excluding carboxylic acids is 1. The molecule has 0 bridgehead atoms. The van der Waals surface area contributed by atoms with Crippen molar-refractivity contribution in [3.05, 3.63) is 52.0 Å². The predicted octanol–water partition coefficient (Wildman–Crippen LogP) is 11.6. The fourth-order valence-electron chi connectivity index (χ4n) is 6.70.